The van der Waals surface area contributed by atoms with Gasteiger partial charge in [0.25, 0.3) is 0 Å². The number of alkyl halides is 3. The van der Waals surface area contributed by atoms with E-state index in [1.165, 1.54) is 4.90 Å². The number of nitrogens with zero attached hydrogens (tertiary/aromatic N) is 8. The first-order valence-corrected chi connectivity index (χ1v) is 43.6. The maximum absolute atomic E-state index is 12.8. The summed E-state index contributed by atoms with van der Waals surface area (Å²) >= 11 is 18.0. The number of allylic oxidation sites excluding steroid dienone is 1. The van der Waals surface area contributed by atoms with E-state index in [2.05, 4.69) is 125 Å². The zero-order valence-corrected chi connectivity index (χ0v) is 72.6. The van der Waals surface area contributed by atoms with Gasteiger partial charge in [-0.2, -0.15) is 13.2 Å². The van der Waals surface area contributed by atoms with Crippen LogP contribution >= 0.6 is 34.8 Å². The molecule has 0 spiro atoms. The fourth-order valence-corrected chi connectivity index (χ4v) is 14.5. The molecule has 113 heavy (non-hydrogen) atoms. The molecule has 0 unspecified atom stereocenters. The molecule has 5 aromatic rings. The van der Waals surface area contributed by atoms with Crippen LogP contribution in [0.25, 0.3) is 23.3 Å². The minimum Gasteiger partial charge on any atom is -0.413 e. The van der Waals surface area contributed by atoms with Crippen LogP contribution < -0.4 is 30.8 Å². The Labute approximate surface area is 685 Å². The highest BCUT2D eigenvalue weighted by molar-refractivity contribution is 6.74. The first-order valence-electron chi connectivity index (χ1n) is 39.5. The number of benzene rings is 2. The lowest BCUT2D eigenvalue weighted by Gasteiger charge is -2.35. The molecule has 7 aliphatic rings. The molecule has 0 aliphatic carbocycles. The van der Waals surface area contributed by atoms with E-state index in [0.717, 1.165) is 160 Å². The average molecular weight is 1650 g/mol. The van der Waals surface area contributed by atoms with E-state index in [-0.39, 0.29) is 42.5 Å². The number of anilines is 5. The number of urea groups is 2. The highest BCUT2D eigenvalue weighted by Gasteiger charge is 2.53. The van der Waals surface area contributed by atoms with Crippen LogP contribution in [0.1, 0.15) is 145 Å². The summed E-state index contributed by atoms with van der Waals surface area (Å²) in [6.45, 7) is 47.6. The first kappa shape index (κ1) is 92.2. The van der Waals surface area contributed by atoms with Crippen LogP contribution in [-0.4, -0.2) is 211 Å². The van der Waals surface area contributed by atoms with Gasteiger partial charge in [0, 0.05) is 93.3 Å². The lowest BCUT2D eigenvalue weighted by atomic mass is 9.76. The normalized spacial score (nSPS) is 20.2. The van der Waals surface area contributed by atoms with Gasteiger partial charge in [-0.15, -0.1) is 0 Å². The molecule has 0 bridgehead atoms. The molecular formula is C83H120B2Cl3F3N10O11Si. The van der Waals surface area contributed by atoms with Gasteiger partial charge in [-0.05, 0) is 213 Å². The van der Waals surface area contributed by atoms with E-state index in [1.807, 2.05) is 112 Å². The minimum atomic E-state index is -4.20. The van der Waals surface area contributed by atoms with Gasteiger partial charge in [0.2, 0.25) is 0 Å². The van der Waals surface area contributed by atoms with Gasteiger partial charge in [0.1, 0.15) is 22.6 Å². The second kappa shape index (κ2) is 41.2. The maximum atomic E-state index is 12.8. The summed E-state index contributed by atoms with van der Waals surface area (Å²) in [6, 6.07) is 22.4. The number of morpholine rings is 3. The fourth-order valence-electron chi connectivity index (χ4n) is 12.9. The predicted octanol–water partition coefficient (Wildman–Crippen LogP) is 17.7. The molecule has 3 N–H and O–H groups in total. The van der Waals surface area contributed by atoms with Crippen molar-refractivity contribution >= 4 is 116 Å². The number of rotatable bonds is 17. The molecule has 620 valence electrons. The van der Waals surface area contributed by atoms with E-state index < -0.39 is 51.2 Å². The molecule has 12 rings (SSSR count). The van der Waals surface area contributed by atoms with Crippen molar-refractivity contribution in [2.45, 2.75) is 183 Å². The Bertz CT molecular complexity index is 3970. The third kappa shape index (κ3) is 27.4. The number of aromatic nitrogens is 3. The SMILES string of the molecule is CC(C)(C)[Si](C)(C)OC/C=C/c1cc(Cl)cc(N2CCOCC2)n1.CC/C=C/B1OC(C)(C)C(C)(C)O1.CC[C@@H]1CCN(C(=O)Nc2ccc(C)c(-c3cc(/C=C/CO)nc(N4CCOCC4)c3)c2)C1.Cc1ccc(NC(=O)N2CC[C@@H](CC(F)(F)F)C2)cc1B1OC(C)(C)C(C)(C)O1.Clc1cc(Cl)nc(N2CCOCC2)c1. The number of halogens is 6. The highest BCUT2D eigenvalue weighted by atomic mass is 35.5. The van der Waals surface area contributed by atoms with Gasteiger partial charge in [-0.3, -0.25) is 0 Å². The van der Waals surface area contributed by atoms with Crippen molar-refractivity contribution in [1.29, 1.82) is 0 Å². The molecule has 2 atom stereocenters. The molecule has 21 nitrogen and oxygen atoms in total. The predicted molar refractivity (Wildman–Crippen MR) is 456 cm³/mol. The monoisotopic (exact) mass is 1640 g/mol. The van der Waals surface area contributed by atoms with Crippen molar-refractivity contribution in [1.82, 2.24) is 24.8 Å². The quantitative estimate of drug-likeness (QED) is 0.0584. The number of hydrogen-bond donors (Lipinski definition) is 3. The Morgan fingerprint density at radius 3 is 1.55 bits per heavy atom. The number of carbonyl (C=O) groups is 2. The molecule has 4 amide bonds. The summed E-state index contributed by atoms with van der Waals surface area (Å²) in [7, 11) is -2.44. The second-order valence-corrected chi connectivity index (χ2v) is 39.0. The van der Waals surface area contributed by atoms with Crippen LogP contribution in [0, 0.1) is 25.7 Å². The fraction of sp³-hybridized carbons (Fsp3) is 0.578. The Morgan fingerprint density at radius 2 is 1.06 bits per heavy atom. The molecule has 0 saturated carbocycles. The van der Waals surface area contributed by atoms with Gasteiger partial charge >= 0.3 is 32.5 Å². The van der Waals surface area contributed by atoms with Gasteiger partial charge in [0.05, 0.1) is 86.6 Å². The van der Waals surface area contributed by atoms with E-state index in [4.69, 9.17) is 82.0 Å². The van der Waals surface area contributed by atoms with Gasteiger partial charge in [0.15, 0.2) is 8.32 Å². The lowest BCUT2D eigenvalue weighted by molar-refractivity contribution is -0.143. The standard InChI is InChI=1S/C26H34N4O3.C20H28BF3N2O3.C18H29ClN2O2Si.C10H19BO2.C9H10Cl2N2O/c1-3-20-8-9-30(18-20)26(32)28-23-7-6-19(2)24(17-23)21-15-22(5-4-12-31)27-25(16-21)29-10-13-33-14-11-29;1-13-6-7-15(10-16(13)21-28-18(2,3)19(4,5)29-21)25-17(27)26-9-8-14(12-26)11-20(22,23)24;1-18(2,3)24(4,5)23-10-6-7-16-13-15(19)14-17(20-16)21-8-11-22-12-9-21;1-6-7-8-11-12-9(2,3)10(4,5)13-11;10-7-5-8(11)12-9(6-7)13-1-3-14-4-2-13/h4-7,15-17,20,31H,3,8-14,18H2,1-2H3,(H,28,32);6-7,10,14H,8-9,11-12H2,1-5H3,(H,25,27);6-7,13-14H,8-12H2,1-5H3;7-8H,6H2,1-5H3;5-6H,1-4H2/b5-4+;;7-6+;8-7+;/t20-;14-;;;/m10.../s1. The van der Waals surface area contributed by atoms with Gasteiger partial charge in [-0.25, -0.2) is 24.5 Å². The second-order valence-electron chi connectivity index (χ2n) is 33.0. The van der Waals surface area contributed by atoms with E-state index >= 15 is 0 Å². The largest absolute Gasteiger partial charge is 0.495 e. The van der Waals surface area contributed by atoms with Crippen molar-refractivity contribution in [2.24, 2.45) is 11.8 Å². The third-order valence-corrected chi connectivity index (χ3v) is 27.4. The zero-order valence-electron chi connectivity index (χ0n) is 69.3. The number of aliphatic hydroxyl groups is 1. The topological polar surface area (TPSA) is 207 Å². The van der Waals surface area contributed by atoms with Crippen LogP contribution in [0.2, 0.25) is 33.3 Å². The molecular weight excluding hydrogens is 1530 g/mol. The molecule has 30 heteroatoms. The number of carbonyl (C=O) groups excluding carboxylic acids is 2. The van der Waals surface area contributed by atoms with Crippen molar-refractivity contribution in [3.63, 3.8) is 0 Å². The molecule has 0 radical (unpaired) electrons. The minimum absolute atomic E-state index is 0.0314. The van der Waals surface area contributed by atoms with Crippen LogP contribution in [0.3, 0.4) is 0 Å². The van der Waals surface area contributed by atoms with Crippen LogP contribution in [-0.2, 0) is 37.3 Å². The van der Waals surface area contributed by atoms with E-state index in [9.17, 15) is 27.9 Å². The summed E-state index contributed by atoms with van der Waals surface area (Å²) in [6.07, 6.45) is 8.13. The van der Waals surface area contributed by atoms with Crippen molar-refractivity contribution in [2.75, 3.05) is 144 Å². The third-order valence-electron chi connectivity index (χ3n) is 22.3. The summed E-state index contributed by atoms with van der Waals surface area (Å²) in [4.78, 5) is 48.9. The van der Waals surface area contributed by atoms with Gasteiger partial charge in [-0.1, -0.05) is 118 Å². The molecule has 7 fully saturated rings. The molecule has 7 saturated heterocycles. The lowest BCUT2D eigenvalue weighted by Crippen LogP contribution is -2.41. The van der Waals surface area contributed by atoms with Crippen molar-refractivity contribution in [3.05, 3.63) is 135 Å². The summed E-state index contributed by atoms with van der Waals surface area (Å²) in [5.41, 5.74) is 6.61. The summed E-state index contributed by atoms with van der Waals surface area (Å²) < 4.78 is 83.7. The Hall–Kier alpha value is -6.30. The number of ether oxygens (including phenoxy) is 3. The Balaban J connectivity index is 0.000000184. The molecule has 3 aromatic heterocycles. The summed E-state index contributed by atoms with van der Waals surface area (Å²) in [5, 5.41) is 17.1. The van der Waals surface area contributed by atoms with E-state index in [1.54, 1.807) is 24.3 Å². The van der Waals surface area contributed by atoms with Crippen molar-refractivity contribution in [3.8, 4) is 11.1 Å². The number of likely N-dealkylation sites (tertiary alicyclic amines) is 2. The van der Waals surface area contributed by atoms with Crippen molar-refractivity contribution < 1.29 is 65.1 Å². The number of nitrogens with one attached hydrogen (secondary N) is 2. The number of hydrogen-bond acceptors (Lipinski definition) is 17. The molecule has 7 aliphatic heterocycles. The number of amides is 4. The smallest absolute Gasteiger partial charge is 0.413 e. The van der Waals surface area contributed by atoms with E-state index in [0.29, 0.717) is 59.6 Å². The number of pyridine rings is 3. The van der Waals surface area contributed by atoms with Gasteiger partial charge < -0.3 is 77.5 Å². The Kier molecular flexibility index (Phi) is 33.6. The zero-order chi connectivity index (χ0) is 82.7. The molecule has 2 aromatic carbocycles. The first-order chi connectivity index (χ1) is 53.2. The maximum Gasteiger partial charge on any atom is 0.495 e. The number of aliphatic hydroxyl groups excluding tert-OH is 1. The van der Waals surface area contributed by atoms with Crippen LogP contribution in [0.5, 0.6) is 0 Å². The average Bonchev–Trinajstić information content (AvgIpc) is 1.64. The number of aryl methyl sites for hydroxylation is 2. The molecule has 10 heterocycles. The highest BCUT2D eigenvalue weighted by Crippen LogP contribution is 2.40. The summed E-state index contributed by atoms with van der Waals surface area (Å²) in [5.74, 6) is 4.67. The van der Waals surface area contributed by atoms with Crippen LogP contribution in [0.4, 0.5) is 51.6 Å². The van der Waals surface area contributed by atoms with Crippen LogP contribution in [0.15, 0.2) is 97.0 Å². The Morgan fingerprint density at radius 1 is 0.602 bits per heavy atom.